The molecule has 3 rings (SSSR count). The third kappa shape index (κ3) is 5.08. The van der Waals surface area contributed by atoms with Crippen LogP contribution >= 0.6 is 11.3 Å². The lowest BCUT2D eigenvalue weighted by molar-refractivity contribution is -0.116. The summed E-state index contributed by atoms with van der Waals surface area (Å²) in [5, 5.41) is 11.7. The fourth-order valence-electron chi connectivity index (χ4n) is 2.32. The first-order valence-corrected chi connectivity index (χ1v) is 9.05. The van der Waals surface area contributed by atoms with E-state index in [0.29, 0.717) is 10.8 Å². The van der Waals surface area contributed by atoms with Crippen LogP contribution in [-0.4, -0.2) is 26.6 Å². The number of anilines is 2. The van der Waals surface area contributed by atoms with Gasteiger partial charge >= 0.3 is 0 Å². The average Bonchev–Trinajstić information content (AvgIpc) is 3.14. The van der Waals surface area contributed by atoms with Crippen molar-refractivity contribution < 1.29 is 9.59 Å². The molecular weight excluding hydrogens is 366 g/mol. The summed E-state index contributed by atoms with van der Waals surface area (Å²) in [6.45, 7) is 1.98. The van der Waals surface area contributed by atoms with Crippen molar-refractivity contribution in [1.82, 2.24) is 14.8 Å². The Morgan fingerprint density at radius 3 is 2.78 bits per heavy atom. The van der Waals surface area contributed by atoms with E-state index in [2.05, 4.69) is 20.7 Å². The first-order valence-electron chi connectivity index (χ1n) is 8.17. The smallest absolute Gasteiger partial charge is 0.276 e. The zero-order chi connectivity index (χ0) is 19.2. The van der Waals surface area contributed by atoms with Crippen molar-refractivity contribution in [3.63, 3.8) is 0 Å². The quantitative estimate of drug-likeness (QED) is 0.679. The van der Waals surface area contributed by atoms with Gasteiger partial charge in [0.15, 0.2) is 5.13 Å². The van der Waals surface area contributed by atoms with Gasteiger partial charge in [-0.25, -0.2) is 9.67 Å². The van der Waals surface area contributed by atoms with Crippen LogP contribution in [-0.2, 0) is 11.3 Å². The van der Waals surface area contributed by atoms with E-state index in [1.54, 1.807) is 17.6 Å². The van der Waals surface area contributed by atoms with Crippen molar-refractivity contribution in [2.45, 2.75) is 19.9 Å². The largest absolute Gasteiger partial charge is 0.321 e. The molecule has 0 aliphatic carbocycles. The molecule has 138 valence electrons. The lowest BCUT2D eigenvalue weighted by Gasteiger charge is -2.08. The van der Waals surface area contributed by atoms with E-state index in [-0.39, 0.29) is 30.1 Å². The van der Waals surface area contributed by atoms with Crippen LogP contribution in [0.15, 0.2) is 52.8 Å². The second-order valence-electron chi connectivity index (χ2n) is 5.74. The highest BCUT2D eigenvalue weighted by Crippen LogP contribution is 2.11. The summed E-state index contributed by atoms with van der Waals surface area (Å²) in [4.78, 5) is 40.2. The van der Waals surface area contributed by atoms with E-state index in [9.17, 15) is 14.4 Å². The van der Waals surface area contributed by atoms with Gasteiger partial charge < -0.3 is 10.6 Å². The molecule has 0 atom stereocenters. The summed E-state index contributed by atoms with van der Waals surface area (Å²) in [5.41, 5.74) is 1.36. The number of aromatic nitrogens is 3. The molecule has 0 aliphatic heterocycles. The molecule has 3 aromatic rings. The Balaban J connectivity index is 1.65. The minimum absolute atomic E-state index is 0.0371. The number of amides is 2. The van der Waals surface area contributed by atoms with Crippen LogP contribution in [0.4, 0.5) is 10.8 Å². The van der Waals surface area contributed by atoms with Crippen LogP contribution in [0.3, 0.4) is 0 Å². The van der Waals surface area contributed by atoms with Gasteiger partial charge in [0, 0.05) is 29.8 Å². The predicted molar refractivity (Wildman–Crippen MR) is 103 cm³/mol. The Morgan fingerprint density at radius 1 is 1.19 bits per heavy atom. The lowest BCUT2D eigenvalue weighted by atomic mass is 10.2. The number of nitrogens with zero attached hydrogens (tertiary/aromatic N) is 3. The van der Waals surface area contributed by atoms with Gasteiger partial charge in [0.2, 0.25) is 5.91 Å². The van der Waals surface area contributed by atoms with Crippen molar-refractivity contribution in [2.24, 2.45) is 0 Å². The highest BCUT2D eigenvalue weighted by atomic mass is 32.1. The van der Waals surface area contributed by atoms with Crippen LogP contribution in [0.5, 0.6) is 0 Å². The second-order valence-corrected chi connectivity index (χ2v) is 6.63. The summed E-state index contributed by atoms with van der Waals surface area (Å²) in [5.74, 6) is -0.713. The Labute approximate surface area is 158 Å². The van der Waals surface area contributed by atoms with Crippen molar-refractivity contribution in [1.29, 1.82) is 0 Å². The fourth-order valence-corrected chi connectivity index (χ4v) is 2.87. The first kappa shape index (κ1) is 18.5. The molecular formula is C18H17N5O3S. The molecule has 0 saturated heterocycles. The maximum atomic E-state index is 12.4. The Morgan fingerprint density at radius 2 is 2.04 bits per heavy atom. The SMILES string of the molecule is Cc1cccc(NC(=O)c2ccc(=O)n(CCC(=O)Nc3nccs3)n2)c1. The molecule has 9 heteroatoms. The van der Waals surface area contributed by atoms with Gasteiger partial charge in [-0.2, -0.15) is 5.10 Å². The van der Waals surface area contributed by atoms with Gasteiger partial charge in [0.1, 0.15) is 5.69 Å². The third-order valence-electron chi connectivity index (χ3n) is 3.60. The normalized spacial score (nSPS) is 10.4. The van der Waals surface area contributed by atoms with E-state index in [1.807, 2.05) is 25.1 Å². The lowest BCUT2D eigenvalue weighted by Crippen LogP contribution is -2.28. The van der Waals surface area contributed by atoms with Gasteiger partial charge in [-0.15, -0.1) is 11.3 Å². The van der Waals surface area contributed by atoms with Crippen LogP contribution in [0.2, 0.25) is 0 Å². The molecule has 0 spiro atoms. The van der Waals surface area contributed by atoms with Crippen molar-refractivity contribution in [2.75, 3.05) is 10.6 Å². The number of carbonyl (C=O) groups excluding carboxylic acids is 2. The van der Waals surface area contributed by atoms with Crippen LogP contribution in [0, 0.1) is 6.92 Å². The van der Waals surface area contributed by atoms with Crippen LogP contribution < -0.4 is 16.2 Å². The van der Waals surface area contributed by atoms with E-state index in [0.717, 1.165) is 10.2 Å². The second kappa shape index (κ2) is 8.37. The predicted octanol–water partition coefficient (Wildman–Crippen LogP) is 2.29. The number of benzene rings is 1. The molecule has 0 aliphatic rings. The molecule has 0 bridgehead atoms. The summed E-state index contributed by atoms with van der Waals surface area (Å²) < 4.78 is 1.10. The molecule has 2 aromatic heterocycles. The standard InChI is InChI=1S/C18H17N5O3S/c1-12-3-2-4-13(11-12)20-17(26)14-5-6-16(25)23(22-14)9-7-15(24)21-18-19-8-10-27-18/h2-6,8,10-11H,7,9H2,1H3,(H,20,26)(H,19,21,24). The maximum absolute atomic E-state index is 12.4. The number of hydrogen-bond donors (Lipinski definition) is 2. The Kier molecular flexibility index (Phi) is 5.72. The van der Waals surface area contributed by atoms with E-state index >= 15 is 0 Å². The van der Waals surface area contributed by atoms with Crippen molar-refractivity contribution in [3.05, 3.63) is 69.6 Å². The Bertz CT molecular complexity index is 1010. The number of rotatable bonds is 6. The molecule has 0 radical (unpaired) electrons. The Hall–Kier alpha value is -3.33. The van der Waals surface area contributed by atoms with Crippen LogP contribution in [0.25, 0.3) is 0 Å². The molecule has 0 saturated carbocycles. The number of thiazole rings is 1. The highest BCUT2D eigenvalue weighted by Gasteiger charge is 2.11. The number of nitrogens with one attached hydrogen (secondary N) is 2. The summed E-state index contributed by atoms with van der Waals surface area (Å²) >= 11 is 1.30. The summed E-state index contributed by atoms with van der Waals surface area (Å²) in [6.07, 6.45) is 1.62. The molecule has 1 aromatic carbocycles. The van der Waals surface area contributed by atoms with Gasteiger partial charge in [-0.1, -0.05) is 12.1 Å². The van der Waals surface area contributed by atoms with Crippen molar-refractivity contribution in [3.8, 4) is 0 Å². The van der Waals surface area contributed by atoms with E-state index in [1.165, 1.54) is 23.5 Å². The van der Waals surface area contributed by atoms with Gasteiger partial charge in [-0.3, -0.25) is 14.4 Å². The van der Waals surface area contributed by atoms with Crippen molar-refractivity contribution >= 4 is 34.0 Å². The molecule has 2 N–H and O–H groups in total. The molecule has 2 heterocycles. The molecule has 2 amide bonds. The van der Waals surface area contributed by atoms with Crippen LogP contribution in [0.1, 0.15) is 22.5 Å². The zero-order valence-corrected chi connectivity index (χ0v) is 15.3. The topological polar surface area (TPSA) is 106 Å². The fraction of sp³-hybridized carbons (Fsp3) is 0.167. The monoisotopic (exact) mass is 383 g/mol. The maximum Gasteiger partial charge on any atom is 0.276 e. The number of aryl methyl sites for hydroxylation is 2. The third-order valence-corrected chi connectivity index (χ3v) is 4.29. The highest BCUT2D eigenvalue weighted by molar-refractivity contribution is 7.13. The van der Waals surface area contributed by atoms with Gasteiger partial charge in [0.25, 0.3) is 11.5 Å². The van der Waals surface area contributed by atoms with E-state index < -0.39 is 5.91 Å². The molecule has 8 nitrogen and oxygen atoms in total. The van der Waals surface area contributed by atoms with Gasteiger partial charge in [-0.05, 0) is 30.7 Å². The number of hydrogen-bond acceptors (Lipinski definition) is 6. The van der Waals surface area contributed by atoms with Gasteiger partial charge in [0.05, 0.1) is 6.54 Å². The minimum Gasteiger partial charge on any atom is -0.321 e. The average molecular weight is 383 g/mol. The summed E-state index contributed by atoms with van der Waals surface area (Å²) in [6, 6.07) is 9.97. The molecule has 0 fully saturated rings. The molecule has 0 unspecified atom stereocenters. The zero-order valence-electron chi connectivity index (χ0n) is 14.5. The minimum atomic E-state index is -0.429. The number of carbonyl (C=O) groups is 2. The van der Waals surface area contributed by atoms with E-state index in [4.69, 9.17) is 0 Å². The molecule has 27 heavy (non-hydrogen) atoms. The summed E-state index contributed by atoms with van der Waals surface area (Å²) in [7, 11) is 0. The first-order chi connectivity index (χ1) is 13.0.